The molecule has 1 aromatic heterocycles. The van der Waals surface area contributed by atoms with E-state index in [9.17, 15) is 4.79 Å². The number of carbonyl (C=O) groups excluding carboxylic acids is 1. The number of fused-ring (bicyclic) bond motifs is 1. The Morgan fingerprint density at radius 3 is 3.12 bits per heavy atom. The molecular weight excluding hydrogens is 214 g/mol. The Morgan fingerprint density at radius 2 is 2.35 bits per heavy atom. The normalized spacial score (nSPS) is 13.5. The fourth-order valence-corrected chi connectivity index (χ4v) is 2.36. The molecule has 0 radical (unpaired) electrons. The summed E-state index contributed by atoms with van der Waals surface area (Å²) in [6, 6.07) is 0. The second-order valence-corrected chi connectivity index (χ2v) is 4.37. The van der Waals surface area contributed by atoms with E-state index in [0.717, 1.165) is 19.3 Å². The van der Waals surface area contributed by atoms with Crippen molar-refractivity contribution in [2.75, 3.05) is 6.61 Å². The Hall–Kier alpha value is -1.51. The van der Waals surface area contributed by atoms with Crippen LogP contribution >= 0.6 is 0 Å². The lowest BCUT2D eigenvalue weighted by atomic mass is 9.99. The largest absolute Gasteiger partial charge is 0.466 e. The monoisotopic (exact) mass is 233 g/mol. The minimum absolute atomic E-state index is 0.107. The lowest BCUT2D eigenvalue weighted by molar-refractivity contribution is -0.143. The van der Waals surface area contributed by atoms with Gasteiger partial charge in [-0.2, -0.15) is 0 Å². The molecule has 92 valence electrons. The lowest BCUT2D eigenvalue weighted by Gasteiger charge is -2.08. The second kappa shape index (κ2) is 5.21. The highest BCUT2D eigenvalue weighted by Gasteiger charge is 2.15. The van der Waals surface area contributed by atoms with E-state index in [-0.39, 0.29) is 5.97 Å². The van der Waals surface area contributed by atoms with Gasteiger partial charge in [-0.1, -0.05) is 12.2 Å². The first-order valence-corrected chi connectivity index (χ1v) is 6.21. The van der Waals surface area contributed by atoms with Gasteiger partial charge in [0.2, 0.25) is 0 Å². The summed E-state index contributed by atoms with van der Waals surface area (Å²) in [5.74, 6) is -0.107. The van der Waals surface area contributed by atoms with Crippen molar-refractivity contribution in [2.24, 2.45) is 7.05 Å². The number of allylic oxidation sites excluding steroid dienone is 1. The first-order valence-electron chi connectivity index (χ1n) is 6.21. The quantitative estimate of drug-likeness (QED) is 0.748. The van der Waals surface area contributed by atoms with Gasteiger partial charge in [0.1, 0.15) is 0 Å². The van der Waals surface area contributed by atoms with Crippen molar-refractivity contribution >= 4 is 12.0 Å². The zero-order chi connectivity index (χ0) is 12.3. The molecule has 0 aromatic carbocycles. The molecule has 1 aliphatic rings. The summed E-state index contributed by atoms with van der Waals surface area (Å²) in [6.07, 6.45) is 9.98. The third-order valence-electron chi connectivity index (χ3n) is 3.17. The molecule has 1 heterocycles. The van der Waals surface area contributed by atoms with E-state index in [1.54, 1.807) is 0 Å². The van der Waals surface area contributed by atoms with Gasteiger partial charge in [0.05, 0.1) is 6.61 Å². The molecule has 3 nitrogen and oxygen atoms in total. The zero-order valence-electron chi connectivity index (χ0n) is 10.5. The van der Waals surface area contributed by atoms with E-state index in [1.165, 1.54) is 16.8 Å². The maximum atomic E-state index is 11.3. The number of nitrogens with zero attached hydrogens (tertiary/aromatic N) is 1. The smallest absolute Gasteiger partial charge is 0.306 e. The molecule has 17 heavy (non-hydrogen) atoms. The number of rotatable bonds is 4. The number of hydrogen-bond donors (Lipinski definition) is 0. The van der Waals surface area contributed by atoms with Gasteiger partial charge in [-0.05, 0) is 37.3 Å². The average Bonchev–Trinajstić information content (AvgIpc) is 2.65. The molecule has 0 fully saturated rings. The zero-order valence-corrected chi connectivity index (χ0v) is 10.5. The average molecular weight is 233 g/mol. The van der Waals surface area contributed by atoms with Crippen molar-refractivity contribution in [2.45, 2.75) is 32.6 Å². The fourth-order valence-electron chi connectivity index (χ4n) is 2.36. The molecule has 0 amide bonds. The van der Waals surface area contributed by atoms with Crippen LogP contribution in [0.3, 0.4) is 0 Å². The molecule has 0 atom stereocenters. The van der Waals surface area contributed by atoms with E-state index >= 15 is 0 Å². The van der Waals surface area contributed by atoms with E-state index in [0.29, 0.717) is 13.0 Å². The van der Waals surface area contributed by atoms with Crippen LogP contribution in [-0.4, -0.2) is 17.1 Å². The molecule has 0 aliphatic heterocycles. The molecule has 1 aliphatic carbocycles. The van der Waals surface area contributed by atoms with Crippen LogP contribution in [0, 0.1) is 0 Å². The van der Waals surface area contributed by atoms with E-state index < -0.39 is 0 Å². The Kier molecular flexibility index (Phi) is 3.67. The van der Waals surface area contributed by atoms with Gasteiger partial charge in [0.25, 0.3) is 0 Å². The summed E-state index contributed by atoms with van der Waals surface area (Å²) in [5.41, 5.74) is 3.95. The van der Waals surface area contributed by atoms with Crippen LogP contribution in [0.15, 0.2) is 12.3 Å². The molecule has 3 heteroatoms. The summed E-state index contributed by atoms with van der Waals surface area (Å²) in [4.78, 5) is 11.3. The number of aromatic nitrogens is 1. The molecule has 0 saturated heterocycles. The molecule has 0 N–H and O–H groups in total. The molecule has 1 aromatic rings. The highest BCUT2D eigenvalue weighted by atomic mass is 16.5. The number of hydrogen-bond acceptors (Lipinski definition) is 2. The minimum Gasteiger partial charge on any atom is -0.466 e. The molecule has 0 unspecified atom stereocenters. The number of aryl methyl sites for hydroxylation is 2. The molecule has 2 rings (SSSR count). The molecule has 0 spiro atoms. The van der Waals surface area contributed by atoms with Gasteiger partial charge >= 0.3 is 5.97 Å². The van der Waals surface area contributed by atoms with E-state index in [4.69, 9.17) is 4.74 Å². The van der Waals surface area contributed by atoms with E-state index in [1.807, 2.05) is 6.92 Å². The fraction of sp³-hybridized carbons (Fsp3) is 0.500. The topological polar surface area (TPSA) is 31.2 Å². The van der Waals surface area contributed by atoms with Crippen molar-refractivity contribution in [1.29, 1.82) is 0 Å². The predicted molar refractivity (Wildman–Crippen MR) is 67.7 cm³/mol. The van der Waals surface area contributed by atoms with Gasteiger partial charge in [-0.3, -0.25) is 4.79 Å². The van der Waals surface area contributed by atoms with Gasteiger partial charge in [-0.15, -0.1) is 0 Å². The number of carbonyl (C=O) groups is 1. The van der Waals surface area contributed by atoms with Gasteiger partial charge in [-0.25, -0.2) is 0 Å². The van der Waals surface area contributed by atoms with Crippen LogP contribution in [0.25, 0.3) is 6.08 Å². The van der Waals surface area contributed by atoms with Crippen molar-refractivity contribution in [3.05, 3.63) is 29.1 Å². The Balaban J connectivity index is 2.07. The summed E-state index contributed by atoms with van der Waals surface area (Å²) < 4.78 is 7.13. The van der Waals surface area contributed by atoms with Crippen LogP contribution in [0.1, 0.15) is 36.6 Å². The van der Waals surface area contributed by atoms with Crippen LogP contribution < -0.4 is 0 Å². The molecule has 0 bridgehead atoms. The predicted octanol–water partition coefficient (Wildman–Crippen LogP) is 2.48. The van der Waals surface area contributed by atoms with Crippen molar-refractivity contribution in [3.63, 3.8) is 0 Å². The Labute approximate surface area is 102 Å². The lowest BCUT2D eigenvalue weighted by Crippen LogP contribution is -2.05. The molecular formula is C14H19NO2. The standard InChI is InChI=1S/C14H19NO2/c1-3-17-14(16)9-8-11-10-15(2)13-7-5-4-6-12(11)13/h4,6,10H,3,5,7-9H2,1-2H3. The van der Waals surface area contributed by atoms with Crippen LogP contribution in [0.4, 0.5) is 0 Å². The Bertz CT molecular complexity index is 443. The van der Waals surface area contributed by atoms with Crippen LogP contribution in [-0.2, 0) is 29.4 Å². The maximum absolute atomic E-state index is 11.3. The molecule has 0 saturated carbocycles. The highest BCUT2D eigenvalue weighted by molar-refractivity contribution is 5.70. The SMILES string of the molecule is CCOC(=O)CCc1cn(C)c2c1C=CCC2. The number of esters is 1. The first-order chi connectivity index (χ1) is 8.22. The highest BCUT2D eigenvalue weighted by Crippen LogP contribution is 2.25. The van der Waals surface area contributed by atoms with Gasteiger partial charge in [0.15, 0.2) is 0 Å². The third kappa shape index (κ3) is 2.60. The van der Waals surface area contributed by atoms with Crippen molar-refractivity contribution < 1.29 is 9.53 Å². The van der Waals surface area contributed by atoms with Gasteiger partial charge < -0.3 is 9.30 Å². The minimum atomic E-state index is -0.107. The van der Waals surface area contributed by atoms with Gasteiger partial charge in [0, 0.05) is 25.4 Å². The van der Waals surface area contributed by atoms with E-state index in [2.05, 4.69) is 30.0 Å². The summed E-state index contributed by atoms with van der Waals surface area (Å²) in [6.45, 7) is 2.30. The van der Waals surface area contributed by atoms with Crippen LogP contribution in [0.5, 0.6) is 0 Å². The first kappa shape index (κ1) is 12.0. The van der Waals surface area contributed by atoms with Crippen molar-refractivity contribution in [1.82, 2.24) is 4.57 Å². The summed E-state index contributed by atoms with van der Waals surface area (Å²) >= 11 is 0. The second-order valence-electron chi connectivity index (χ2n) is 4.37. The van der Waals surface area contributed by atoms with Crippen LogP contribution in [0.2, 0.25) is 0 Å². The summed E-state index contributed by atoms with van der Waals surface area (Å²) in [7, 11) is 2.08. The number of ether oxygens (including phenoxy) is 1. The summed E-state index contributed by atoms with van der Waals surface area (Å²) in [5, 5.41) is 0. The Morgan fingerprint density at radius 1 is 1.53 bits per heavy atom. The van der Waals surface area contributed by atoms with Crippen molar-refractivity contribution in [3.8, 4) is 0 Å². The third-order valence-corrected chi connectivity index (χ3v) is 3.17. The maximum Gasteiger partial charge on any atom is 0.306 e.